The number of hydrogen-bond donors (Lipinski definition) is 0. The molecule has 0 aliphatic carbocycles. The predicted octanol–water partition coefficient (Wildman–Crippen LogP) is 12.6. The number of hydrogen-bond acceptors (Lipinski definition) is 1. The molecule has 0 fully saturated rings. The summed E-state index contributed by atoms with van der Waals surface area (Å²) < 4.78 is 191. The van der Waals surface area contributed by atoms with E-state index in [1.165, 1.54) is 0 Å². The van der Waals surface area contributed by atoms with Gasteiger partial charge in [0.05, 0.1) is 43.9 Å². The number of benzene rings is 8. The summed E-state index contributed by atoms with van der Waals surface area (Å²) in [4.78, 5) is 0. The van der Waals surface area contributed by atoms with Crippen molar-refractivity contribution < 1.29 is 32.2 Å². The van der Waals surface area contributed by atoms with Crippen LogP contribution in [0.3, 0.4) is 0 Å². The summed E-state index contributed by atoms with van der Waals surface area (Å²) in [5, 5.41) is 1.48. The Kier molecular flexibility index (Phi) is 3.57. The predicted molar refractivity (Wildman–Crippen MR) is 210 cm³/mol. The minimum atomic E-state index is -3.04. The van der Waals surface area contributed by atoms with E-state index in [4.69, 9.17) is 18.4 Å². The molecule has 8 aromatic carbocycles. The Bertz CT molecular complexity index is 3810. The molecule has 0 saturated heterocycles. The highest BCUT2D eigenvalue weighted by atomic mass is 16.5. The van der Waals surface area contributed by atoms with Crippen molar-refractivity contribution in [2.45, 2.75) is 5.41 Å². The van der Waals surface area contributed by atoms with Gasteiger partial charge in [0.15, 0.2) is 0 Å². The van der Waals surface area contributed by atoms with E-state index in [-0.39, 0.29) is 11.1 Å². The maximum Gasteiger partial charge on any atom is 0.132 e. The quantitative estimate of drug-likeness (QED) is 0.178. The standard InChI is InChI=1S/C49H33NO/c1-4-17-38(18-5-1)49(39-19-6-2-7-20-39)43-24-11-13-26-47(43)51-48-30-28-37(33-44(48)49)35-16-14-15-34(31-35)36-27-29-46-42(32-36)41-23-10-12-25-45(41)50(46)40-21-8-3-9-22-40/h1-33H/i1D,2D,4D,5D,6D,7D,11D,13D,14D,15D,16D,17D,18D,19D,24D,26D,28D,30D,31D,33D. The van der Waals surface area contributed by atoms with E-state index in [1.54, 1.807) is 18.2 Å². The van der Waals surface area contributed by atoms with Gasteiger partial charge >= 0.3 is 0 Å². The molecule has 0 bridgehead atoms. The number of aromatic nitrogens is 1. The average Bonchev–Trinajstić information content (AvgIpc) is 3.69. The summed E-state index contributed by atoms with van der Waals surface area (Å²) in [5.74, 6) is -1.66. The minimum Gasteiger partial charge on any atom is -0.457 e. The maximum absolute atomic E-state index is 10.2. The van der Waals surface area contributed by atoms with Gasteiger partial charge in [0, 0.05) is 27.6 Å². The van der Waals surface area contributed by atoms with Crippen LogP contribution in [0.5, 0.6) is 11.5 Å². The summed E-state index contributed by atoms with van der Waals surface area (Å²) in [6.45, 7) is 0. The van der Waals surface area contributed by atoms with Gasteiger partial charge in [-0.2, -0.15) is 0 Å². The Morgan fingerprint density at radius 2 is 1.14 bits per heavy atom. The van der Waals surface area contributed by atoms with Crippen LogP contribution in [-0.2, 0) is 5.41 Å². The van der Waals surface area contributed by atoms with Crippen LogP contribution < -0.4 is 4.74 Å². The zero-order valence-electron chi connectivity index (χ0n) is 46.4. The smallest absolute Gasteiger partial charge is 0.132 e. The van der Waals surface area contributed by atoms with Gasteiger partial charge in [-0.15, -0.1) is 0 Å². The SMILES string of the molecule is [2H]c1cc(C2(c3c([2H])c([2H])c([2H])c([2H])c3[2H])c3c([2H])c([2H])c([2H])c([2H])c3Oc3c([2H])c([2H])c(-c4c([2H])c([2H])c([2H])c(-c5ccc6c(c5)c5ccccc5n6-c5ccccc5)c4[2H])c([2H])c32)c([2H])c([2H])c1[2H]. The van der Waals surface area contributed by atoms with Crippen LogP contribution in [0.25, 0.3) is 49.7 Å². The van der Waals surface area contributed by atoms with Gasteiger partial charge in [-0.3, -0.25) is 0 Å². The van der Waals surface area contributed by atoms with Gasteiger partial charge in [-0.25, -0.2) is 0 Å². The lowest BCUT2D eigenvalue weighted by molar-refractivity contribution is 0.434. The third kappa shape index (κ3) is 4.57. The maximum atomic E-state index is 10.2. The zero-order chi connectivity index (χ0) is 51.2. The average molecular weight is 672 g/mol. The molecule has 0 N–H and O–H groups in total. The topological polar surface area (TPSA) is 14.2 Å². The van der Waals surface area contributed by atoms with E-state index in [0.717, 1.165) is 28.2 Å². The largest absolute Gasteiger partial charge is 0.457 e. The van der Waals surface area contributed by atoms with Gasteiger partial charge in [0.2, 0.25) is 0 Å². The zero-order valence-corrected chi connectivity index (χ0v) is 26.4. The van der Waals surface area contributed by atoms with Crippen molar-refractivity contribution in [3.8, 4) is 39.4 Å². The molecule has 1 aliphatic rings. The molecule has 240 valence electrons. The van der Waals surface area contributed by atoms with Crippen LogP contribution >= 0.6 is 0 Å². The fourth-order valence-corrected chi connectivity index (χ4v) is 6.90. The molecule has 10 rings (SSSR count). The van der Waals surface area contributed by atoms with Gasteiger partial charge in [-0.05, 0) is 87.9 Å². The normalized spacial score (nSPS) is 20.4. The number of ether oxygens (including phenoxy) is 1. The van der Waals surface area contributed by atoms with E-state index in [1.807, 2.05) is 59.2 Å². The lowest BCUT2D eigenvalue weighted by atomic mass is 9.63. The fourth-order valence-electron chi connectivity index (χ4n) is 6.90. The highest BCUT2D eigenvalue weighted by Crippen LogP contribution is 2.55. The molecule has 1 unspecified atom stereocenters. The number of rotatable bonds is 5. The molecule has 2 nitrogen and oxygen atoms in total. The Morgan fingerprint density at radius 1 is 0.451 bits per heavy atom. The van der Waals surface area contributed by atoms with Crippen molar-refractivity contribution >= 4 is 21.8 Å². The van der Waals surface area contributed by atoms with Crippen molar-refractivity contribution in [2.75, 3.05) is 0 Å². The molecule has 1 aromatic heterocycles. The van der Waals surface area contributed by atoms with Gasteiger partial charge in [0.25, 0.3) is 0 Å². The number of nitrogens with zero attached hydrogens (tertiary/aromatic N) is 1. The summed E-state index contributed by atoms with van der Waals surface area (Å²) in [5.41, 5.74) is -5.15. The number of fused-ring (bicyclic) bond motifs is 5. The molecule has 1 atom stereocenters. The van der Waals surface area contributed by atoms with Crippen LogP contribution in [0.2, 0.25) is 0 Å². The monoisotopic (exact) mass is 671 g/mol. The summed E-state index contributed by atoms with van der Waals surface area (Å²) >= 11 is 0. The van der Waals surface area contributed by atoms with E-state index in [2.05, 4.69) is 0 Å². The molecule has 51 heavy (non-hydrogen) atoms. The molecular weight excluding hydrogens is 619 g/mol. The molecule has 9 aromatic rings. The van der Waals surface area contributed by atoms with Crippen molar-refractivity contribution in [1.82, 2.24) is 4.57 Å². The van der Waals surface area contributed by atoms with Gasteiger partial charge in [-0.1, -0.05) is 145 Å². The summed E-state index contributed by atoms with van der Waals surface area (Å²) in [6.07, 6.45) is 0. The van der Waals surface area contributed by atoms with Crippen LogP contribution in [0, 0.1) is 0 Å². The highest BCUT2D eigenvalue weighted by molar-refractivity contribution is 6.10. The van der Waals surface area contributed by atoms with Gasteiger partial charge in [0.1, 0.15) is 11.5 Å². The number of para-hydroxylation sites is 3. The first kappa shape index (κ1) is 15.5. The van der Waals surface area contributed by atoms with E-state index < -0.39 is 171 Å². The lowest BCUT2D eigenvalue weighted by Gasteiger charge is -2.41. The molecule has 0 amide bonds. The van der Waals surface area contributed by atoms with Crippen LogP contribution in [0.15, 0.2) is 200 Å². The first-order chi connectivity index (χ1) is 33.6. The molecule has 0 radical (unpaired) electrons. The first-order valence-corrected chi connectivity index (χ1v) is 15.9. The summed E-state index contributed by atoms with van der Waals surface area (Å²) in [7, 11) is 0. The molecule has 0 saturated carbocycles. The van der Waals surface area contributed by atoms with E-state index >= 15 is 0 Å². The van der Waals surface area contributed by atoms with Crippen molar-refractivity contribution in [2.24, 2.45) is 0 Å². The van der Waals surface area contributed by atoms with Crippen molar-refractivity contribution in [1.29, 1.82) is 0 Å². The first-order valence-electron chi connectivity index (χ1n) is 25.9. The van der Waals surface area contributed by atoms with E-state index in [9.17, 15) is 13.7 Å². The minimum absolute atomic E-state index is 0.215. The second kappa shape index (κ2) is 11.8. The second-order valence-corrected chi connectivity index (χ2v) is 11.8. The Hall–Kier alpha value is -6.64. The summed E-state index contributed by atoms with van der Waals surface area (Å²) in [6, 6.07) is 5.09. The van der Waals surface area contributed by atoms with Gasteiger partial charge < -0.3 is 9.30 Å². The fraction of sp³-hybridized carbons (Fsp3) is 0.0204. The van der Waals surface area contributed by atoms with Crippen LogP contribution in [0.4, 0.5) is 0 Å². The van der Waals surface area contributed by atoms with Crippen LogP contribution in [0.1, 0.15) is 49.7 Å². The van der Waals surface area contributed by atoms with Crippen molar-refractivity contribution in [3.05, 3.63) is 222 Å². The van der Waals surface area contributed by atoms with Crippen molar-refractivity contribution in [3.63, 3.8) is 0 Å². The van der Waals surface area contributed by atoms with E-state index in [0.29, 0.717) is 5.39 Å². The molecule has 0 spiro atoms. The molecular formula is C49H33NO. The molecule has 2 heterocycles. The Labute approximate surface area is 325 Å². The highest BCUT2D eigenvalue weighted by Gasteiger charge is 2.45. The lowest BCUT2D eigenvalue weighted by Crippen LogP contribution is -2.34. The molecule has 1 aliphatic heterocycles. The Balaban J connectivity index is 1.39. The second-order valence-electron chi connectivity index (χ2n) is 11.8. The third-order valence-corrected chi connectivity index (χ3v) is 9.06. The van der Waals surface area contributed by atoms with Crippen LogP contribution in [-0.4, -0.2) is 4.57 Å². The Morgan fingerprint density at radius 3 is 2.02 bits per heavy atom. The third-order valence-electron chi connectivity index (χ3n) is 9.06. The molecule has 2 heteroatoms.